The van der Waals surface area contributed by atoms with Crippen molar-refractivity contribution in [2.24, 2.45) is 7.05 Å². The third-order valence-electron chi connectivity index (χ3n) is 5.07. The van der Waals surface area contributed by atoms with Crippen LogP contribution in [0.15, 0.2) is 91.1 Å². The van der Waals surface area contributed by atoms with Crippen LogP contribution >= 0.6 is 0 Å². The molecule has 0 unspecified atom stereocenters. The van der Waals surface area contributed by atoms with E-state index in [-0.39, 0.29) is 0 Å². The van der Waals surface area contributed by atoms with Crippen LogP contribution in [0.4, 0.5) is 0 Å². The van der Waals surface area contributed by atoms with Crippen LogP contribution in [0.3, 0.4) is 0 Å². The molecule has 2 heteroatoms. The van der Waals surface area contributed by atoms with Gasteiger partial charge in [0, 0.05) is 40.6 Å². The Morgan fingerprint density at radius 2 is 1.38 bits per heavy atom. The van der Waals surface area contributed by atoms with Crippen LogP contribution in [0.5, 0.6) is 0 Å². The number of hydrogen-bond acceptors (Lipinski definition) is 1. The molecule has 26 heavy (non-hydrogen) atoms. The van der Waals surface area contributed by atoms with E-state index in [1.54, 1.807) is 0 Å². The van der Waals surface area contributed by atoms with Crippen LogP contribution in [-0.2, 0) is 7.05 Å². The minimum atomic E-state index is 1.00. The predicted octanol–water partition coefficient (Wildman–Crippen LogP) is 6.06. The summed E-state index contributed by atoms with van der Waals surface area (Å²) < 4.78 is 2.26. The molecule has 0 saturated carbocycles. The van der Waals surface area contributed by atoms with E-state index in [4.69, 9.17) is 0 Å². The third kappa shape index (κ3) is 2.31. The van der Waals surface area contributed by atoms with E-state index < -0.39 is 0 Å². The summed E-state index contributed by atoms with van der Waals surface area (Å²) in [5, 5.41) is 2.59. The average Bonchev–Trinajstić information content (AvgIpc) is 3.01. The molecule has 124 valence electrons. The molecular weight excluding hydrogens is 316 g/mol. The van der Waals surface area contributed by atoms with E-state index in [0.29, 0.717) is 0 Å². The zero-order chi connectivity index (χ0) is 17.5. The molecule has 5 aromatic rings. The molecule has 0 spiro atoms. The molecule has 0 fully saturated rings. The third-order valence-corrected chi connectivity index (χ3v) is 5.07. The summed E-state index contributed by atoms with van der Waals surface area (Å²) in [5.74, 6) is 0. The average molecular weight is 334 g/mol. The second kappa shape index (κ2) is 5.85. The Bertz CT molecular complexity index is 1230. The van der Waals surface area contributed by atoms with E-state index in [1.807, 2.05) is 24.4 Å². The molecule has 0 N–H and O–H groups in total. The van der Waals surface area contributed by atoms with Gasteiger partial charge in [0.1, 0.15) is 0 Å². The van der Waals surface area contributed by atoms with Crippen molar-refractivity contribution in [3.05, 3.63) is 91.1 Å². The molecule has 3 aromatic carbocycles. The number of hydrogen-bond donors (Lipinski definition) is 0. The van der Waals surface area contributed by atoms with Crippen molar-refractivity contribution in [2.75, 3.05) is 0 Å². The molecule has 0 saturated heterocycles. The SMILES string of the molecule is Cn1c2ccccc2c2cc(-c3cccc(-c4ccccn4)c3)ccc21. The highest BCUT2D eigenvalue weighted by Crippen LogP contribution is 2.32. The lowest BCUT2D eigenvalue weighted by atomic mass is 9.99. The summed E-state index contributed by atoms with van der Waals surface area (Å²) >= 11 is 0. The number of para-hydroxylation sites is 1. The summed E-state index contributed by atoms with van der Waals surface area (Å²) in [6.07, 6.45) is 1.84. The smallest absolute Gasteiger partial charge is 0.0702 e. The quantitative estimate of drug-likeness (QED) is 0.383. The Morgan fingerprint density at radius 3 is 2.27 bits per heavy atom. The molecule has 2 nitrogen and oxygen atoms in total. The van der Waals surface area contributed by atoms with E-state index in [1.165, 1.54) is 32.9 Å². The highest BCUT2D eigenvalue weighted by atomic mass is 14.9. The van der Waals surface area contributed by atoms with Crippen LogP contribution < -0.4 is 0 Å². The van der Waals surface area contributed by atoms with Crippen LogP contribution in [0.25, 0.3) is 44.2 Å². The number of fused-ring (bicyclic) bond motifs is 3. The molecular formula is C24H18N2. The second-order valence-corrected chi connectivity index (χ2v) is 6.60. The topological polar surface area (TPSA) is 17.8 Å². The first kappa shape index (κ1) is 14.9. The molecule has 0 aliphatic carbocycles. The Balaban J connectivity index is 1.69. The molecule has 0 amide bonds. The highest BCUT2D eigenvalue weighted by Gasteiger charge is 2.09. The molecule has 2 heterocycles. The lowest BCUT2D eigenvalue weighted by Gasteiger charge is -2.06. The standard InChI is InChI=1S/C24H18N2/c1-26-23-11-3-2-9-20(23)21-16-18(12-13-24(21)26)17-7-6-8-19(15-17)22-10-4-5-14-25-22/h2-16H,1H3. The van der Waals surface area contributed by atoms with Gasteiger partial charge >= 0.3 is 0 Å². The Labute approximate surface area is 152 Å². The number of aromatic nitrogens is 2. The normalized spacial score (nSPS) is 11.3. The largest absolute Gasteiger partial charge is 0.344 e. The summed E-state index contributed by atoms with van der Waals surface area (Å²) in [7, 11) is 2.13. The summed E-state index contributed by atoms with van der Waals surface area (Å²) in [6.45, 7) is 0. The summed E-state index contributed by atoms with van der Waals surface area (Å²) in [4.78, 5) is 4.47. The maximum Gasteiger partial charge on any atom is 0.0702 e. The minimum Gasteiger partial charge on any atom is -0.344 e. The van der Waals surface area contributed by atoms with Crippen LogP contribution in [0.1, 0.15) is 0 Å². The van der Waals surface area contributed by atoms with Gasteiger partial charge in [0.25, 0.3) is 0 Å². The molecule has 0 bridgehead atoms. The molecule has 0 radical (unpaired) electrons. The van der Waals surface area contributed by atoms with Crippen molar-refractivity contribution in [1.29, 1.82) is 0 Å². The van der Waals surface area contributed by atoms with Gasteiger partial charge < -0.3 is 4.57 Å². The maximum atomic E-state index is 4.47. The van der Waals surface area contributed by atoms with E-state index in [9.17, 15) is 0 Å². The number of nitrogens with zero attached hydrogens (tertiary/aromatic N) is 2. The van der Waals surface area contributed by atoms with Crippen molar-refractivity contribution >= 4 is 21.8 Å². The summed E-state index contributed by atoms with van der Waals surface area (Å²) in [5.41, 5.74) is 7.11. The van der Waals surface area contributed by atoms with Gasteiger partial charge in [-0.05, 0) is 47.5 Å². The lowest BCUT2D eigenvalue weighted by molar-refractivity contribution is 1.01. The van der Waals surface area contributed by atoms with Gasteiger partial charge in [-0.2, -0.15) is 0 Å². The van der Waals surface area contributed by atoms with E-state index >= 15 is 0 Å². The van der Waals surface area contributed by atoms with Crippen LogP contribution in [-0.4, -0.2) is 9.55 Å². The fourth-order valence-corrected chi connectivity index (χ4v) is 3.74. The Kier molecular flexibility index (Phi) is 3.36. The Morgan fingerprint density at radius 1 is 0.615 bits per heavy atom. The molecule has 0 aliphatic rings. The second-order valence-electron chi connectivity index (χ2n) is 6.60. The number of benzene rings is 3. The molecule has 0 aliphatic heterocycles. The first-order valence-corrected chi connectivity index (χ1v) is 8.80. The van der Waals surface area contributed by atoms with Crippen molar-refractivity contribution in [3.8, 4) is 22.4 Å². The van der Waals surface area contributed by atoms with Gasteiger partial charge in [-0.1, -0.05) is 48.5 Å². The molecule has 5 rings (SSSR count). The van der Waals surface area contributed by atoms with Gasteiger partial charge in [-0.15, -0.1) is 0 Å². The molecule has 0 atom stereocenters. The highest BCUT2D eigenvalue weighted by molar-refractivity contribution is 6.09. The number of rotatable bonds is 2. The fraction of sp³-hybridized carbons (Fsp3) is 0.0417. The monoisotopic (exact) mass is 334 g/mol. The maximum absolute atomic E-state index is 4.47. The van der Waals surface area contributed by atoms with Crippen LogP contribution in [0.2, 0.25) is 0 Å². The Hall–Kier alpha value is -3.39. The van der Waals surface area contributed by atoms with Crippen molar-refractivity contribution in [1.82, 2.24) is 9.55 Å². The van der Waals surface area contributed by atoms with E-state index in [2.05, 4.69) is 83.3 Å². The first-order chi connectivity index (χ1) is 12.8. The summed E-state index contributed by atoms with van der Waals surface area (Å²) in [6, 6.07) is 29.9. The zero-order valence-corrected chi connectivity index (χ0v) is 14.6. The van der Waals surface area contributed by atoms with Gasteiger partial charge in [0.05, 0.1) is 5.69 Å². The van der Waals surface area contributed by atoms with Gasteiger partial charge in [-0.3, -0.25) is 4.98 Å². The predicted molar refractivity (Wildman–Crippen MR) is 109 cm³/mol. The van der Waals surface area contributed by atoms with Crippen molar-refractivity contribution in [3.63, 3.8) is 0 Å². The van der Waals surface area contributed by atoms with Crippen molar-refractivity contribution < 1.29 is 0 Å². The van der Waals surface area contributed by atoms with Gasteiger partial charge in [0.2, 0.25) is 0 Å². The lowest BCUT2D eigenvalue weighted by Crippen LogP contribution is -1.86. The minimum absolute atomic E-state index is 1.00. The first-order valence-electron chi connectivity index (χ1n) is 8.80. The van der Waals surface area contributed by atoms with Crippen molar-refractivity contribution in [2.45, 2.75) is 0 Å². The van der Waals surface area contributed by atoms with E-state index in [0.717, 1.165) is 11.3 Å². The number of pyridine rings is 1. The van der Waals surface area contributed by atoms with Gasteiger partial charge in [0.15, 0.2) is 0 Å². The molecule has 2 aromatic heterocycles. The number of aryl methyl sites for hydroxylation is 1. The zero-order valence-electron chi connectivity index (χ0n) is 14.6. The van der Waals surface area contributed by atoms with Crippen LogP contribution in [0, 0.1) is 0 Å². The fourth-order valence-electron chi connectivity index (χ4n) is 3.74. The van der Waals surface area contributed by atoms with Gasteiger partial charge in [-0.25, -0.2) is 0 Å².